The van der Waals surface area contributed by atoms with Crippen LogP contribution in [0.15, 0.2) is 54.6 Å². The largest absolute Gasteiger partial charge is 0.384 e. The molecule has 0 aliphatic rings. The highest BCUT2D eigenvalue weighted by Crippen LogP contribution is 2.28. The standard InChI is InChI=1S/C18H18ClN3OS/c1-18(23,14-9-5-6-10-15(14)19)12-20-17-22-21-16(24-17)11-13-7-3-2-4-8-13/h2-10,23H,11-12H2,1H3,(H,20,22). The smallest absolute Gasteiger partial charge is 0.205 e. The summed E-state index contributed by atoms with van der Waals surface area (Å²) in [5, 5.41) is 24.3. The molecule has 1 atom stereocenters. The Balaban J connectivity index is 1.64. The molecule has 3 rings (SSSR count). The maximum Gasteiger partial charge on any atom is 0.205 e. The first kappa shape index (κ1) is 16.9. The third-order valence-electron chi connectivity index (χ3n) is 3.70. The lowest BCUT2D eigenvalue weighted by atomic mass is 9.96. The molecule has 2 aromatic carbocycles. The summed E-state index contributed by atoms with van der Waals surface area (Å²) in [6, 6.07) is 17.4. The van der Waals surface area contributed by atoms with E-state index in [9.17, 15) is 5.11 Å². The van der Waals surface area contributed by atoms with Crippen LogP contribution in [0.5, 0.6) is 0 Å². The second-order valence-corrected chi connectivity index (χ2v) is 7.24. The molecule has 2 N–H and O–H groups in total. The molecule has 0 saturated heterocycles. The van der Waals surface area contributed by atoms with Gasteiger partial charge in [0.15, 0.2) is 0 Å². The monoisotopic (exact) mass is 359 g/mol. The van der Waals surface area contributed by atoms with Crippen molar-refractivity contribution in [3.8, 4) is 0 Å². The SMILES string of the molecule is CC(O)(CNc1nnc(Cc2ccccc2)s1)c1ccccc1Cl. The van der Waals surface area contributed by atoms with Crippen molar-refractivity contribution in [3.63, 3.8) is 0 Å². The van der Waals surface area contributed by atoms with Gasteiger partial charge in [0.1, 0.15) is 10.6 Å². The summed E-state index contributed by atoms with van der Waals surface area (Å²) in [5.41, 5.74) is 0.792. The third-order valence-corrected chi connectivity index (χ3v) is 4.91. The van der Waals surface area contributed by atoms with Gasteiger partial charge in [0, 0.05) is 23.6 Å². The minimum Gasteiger partial charge on any atom is -0.384 e. The van der Waals surface area contributed by atoms with Crippen LogP contribution in [-0.2, 0) is 12.0 Å². The van der Waals surface area contributed by atoms with E-state index >= 15 is 0 Å². The molecule has 0 aliphatic heterocycles. The van der Waals surface area contributed by atoms with Crippen LogP contribution in [0.4, 0.5) is 5.13 Å². The zero-order valence-corrected chi connectivity index (χ0v) is 14.8. The Bertz CT molecular complexity index is 805. The average molecular weight is 360 g/mol. The molecule has 1 unspecified atom stereocenters. The fourth-order valence-electron chi connectivity index (χ4n) is 2.41. The number of aliphatic hydroxyl groups is 1. The molecule has 0 radical (unpaired) electrons. The number of hydrogen-bond donors (Lipinski definition) is 2. The molecule has 6 heteroatoms. The summed E-state index contributed by atoms with van der Waals surface area (Å²) >= 11 is 7.66. The van der Waals surface area contributed by atoms with E-state index in [1.165, 1.54) is 16.9 Å². The van der Waals surface area contributed by atoms with Gasteiger partial charge >= 0.3 is 0 Å². The number of hydrogen-bond acceptors (Lipinski definition) is 5. The van der Waals surface area contributed by atoms with Gasteiger partial charge in [-0.15, -0.1) is 10.2 Å². The van der Waals surface area contributed by atoms with Crippen molar-refractivity contribution in [1.29, 1.82) is 0 Å². The summed E-state index contributed by atoms with van der Waals surface area (Å²) in [5.74, 6) is 0. The van der Waals surface area contributed by atoms with Gasteiger partial charge in [-0.2, -0.15) is 0 Å². The molecule has 0 amide bonds. The second kappa shape index (κ2) is 7.30. The van der Waals surface area contributed by atoms with Gasteiger partial charge in [0.25, 0.3) is 0 Å². The van der Waals surface area contributed by atoms with E-state index in [1.54, 1.807) is 13.0 Å². The minimum absolute atomic E-state index is 0.302. The topological polar surface area (TPSA) is 58.0 Å². The predicted molar refractivity (Wildman–Crippen MR) is 98.7 cm³/mol. The molecule has 0 fully saturated rings. The van der Waals surface area contributed by atoms with Crippen LogP contribution in [0.3, 0.4) is 0 Å². The van der Waals surface area contributed by atoms with Crippen LogP contribution < -0.4 is 5.32 Å². The lowest BCUT2D eigenvalue weighted by molar-refractivity contribution is 0.0716. The van der Waals surface area contributed by atoms with Gasteiger partial charge in [0.2, 0.25) is 5.13 Å². The Labute approximate surface area is 150 Å². The first-order valence-corrected chi connectivity index (χ1v) is 8.81. The number of benzene rings is 2. The molecule has 3 aromatic rings. The molecular weight excluding hydrogens is 342 g/mol. The first-order valence-electron chi connectivity index (χ1n) is 7.62. The van der Waals surface area contributed by atoms with Crippen molar-refractivity contribution >= 4 is 28.1 Å². The van der Waals surface area contributed by atoms with Crippen LogP contribution in [0.2, 0.25) is 5.02 Å². The number of aromatic nitrogens is 2. The molecule has 1 heterocycles. The fraction of sp³-hybridized carbons (Fsp3) is 0.222. The Kier molecular flexibility index (Phi) is 5.14. The molecule has 0 aliphatic carbocycles. The Hall–Kier alpha value is -1.95. The number of rotatable bonds is 6. The number of nitrogens with zero attached hydrogens (tertiary/aromatic N) is 2. The molecule has 0 bridgehead atoms. The first-order chi connectivity index (χ1) is 11.5. The summed E-state index contributed by atoms with van der Waals surface area (Å²) in [6.07, 6.45) is 0.751. The maximum absolute atomic E-state index is 10.7. The molecule has 0 saturated carbocycles. The maximum atomic E-state index is 10.7. The van der Waals surface area contributed by atoms with Crippen molar-refractivity contribution in [3.05, 3.63) is 75.8 Å². The van der Waals surface area contributed by atoms with Gasteiger partial charge in [-0.05, 0) is 18.6 Å². The van der Waals surface area contributed by atoms with Gasteiger partial charge < -0.3 is 10.4 Å². The van der Waals surface area contributed by atoms with E-state index in [0.29, 0.717) is 22.3 Å². The third kappa shape index (κ3) is 4.12. The zero-order chi connectivity index (χ0) is 17.0. The average Bonchev–Trinajstić information content (AvgIpc) is 3.02. The van der Waals surface area contributed by atoms with Crippen LogP contribution in [0.25, 0.3) is 0 Å². The van der Waals surface area contributed by atoms with E-state index in [4.69, 9.17) is 11.6 Å². The highest BCUT2D eigenvalue weighted by atomic mass is 35.5. The Morgan fingerprint density at radius 3 is 2.54 bits per heavy atom. The second-order valence-electron chi connectivity index (χ2n) is 5.77. The van der Waals surface area contributed by atoms with Gasteiger partial charge in [0.05, 0.1) is 0 Å². The summed E-state index contributed by atoms with van der Waals surface area (Å²) in [6.45, 7) is 2.03. The van der Waals surface area contributed by atoms with Crippen LogP contribution in [0, 0.1) is 0 Å². The predicted octanol–water partition coefficient (Wildman–Crippen LogP) is 4.10. The highest BCUT2D eigenvalue weighted by molar-refractivity contribution is 7.15. The van der Waals surface area contributed by atoms with Crippen molar-refractivity contribution in [2.24, 2.45) is 0 Å². The van der Waals surface area contributed by atoms with Crippen molar-refractivity contribution in [2.45, 2.75) is 18.9 Å². The zero-order valence-electron chi connectivity index (χ0n) is 13.2. The van der Waals surface area contributed by atoms with Crippen LogP contribution in [-0.4, -0.2) is 21.8 Å². The van der Waals surface area contributed by atoms with Gasteiger partial charge in [-0.3, -0.25) is 0 Å². The normalized spacial score (nSPS) is 13.5. The molecule has 1 aromatic heterocycles. The number of anilines is 1. The van der Waals surface area contributed by atoms with Gasteiger partial charge in [-0.1, -0.05) is 71.5 Å². The fourth-order valence-corrected chi connectivity index (χ4v) is 3.52. The molecular formula is C18H18ClN3OS. The van der Waals surface area contributed by atoms with Gasteiger partial charge in [-0.25, -0.2) is 0 Å². The van der Waals surface area contributed by atoms with E-state index in [-0.39, 0.29) is 0 Å². The van der Waals surface area contributed by atoms with E-state index < -0.39 is 5.60 Å². The van der Waals surface area contributed by atoms with E-state index in [2.05, 4.69) is 27.6 Å². The Morgan fingerprint density at radius 1 is 1.08 bits per heavy atom. The summed E-state index contributed by atoms with van der Waals surface area (Å²) < 4.78 is 0. The number of nitrogens with one attached hydrogen (secondary N) is 1. The molecule has 4 nitrogen and oxygen atoms in total. The van der Waals surface area contributed by atoms with Crippen LogP contribution >= 0.6 is 22.9 Å². The van der Waals surface area contributed by atoms with E-state index in [0.717, 1.165) is 11.4 Å². The summed E-state index contributed by atoms with van der Waals surface area (Å²) in [7, 11) is 0. The van der Waals surface area contributed by atoms with Crippen molar-refractivity contribution in [2.75, 3.05) is 11.9 Å². The molecule has 124 valence electrons. The highest BCUT2D eigenvalue weighted by Gasteiger charge is 2.25. The van der Waals surface area contributed by atoms with Crippen LogP contribution in [0.1, 0.15) is 23.1 Å². The Morgan fingerprint density at radius 2 is 1.79 bits per heavy atom. The van der Waals surface area contributed by atoms with Crippen molar-refractivity contribution < 1.29 is 5.11 Å². The lowest BCUT2D eigenvalue weighted by Crippen LogP contribution is -2.31. The van der Waals surface area contributed by atoms with E-state index in [1.807, 2.05) is 36.4 Å². The van der Waals surface area contributed by atoms with Crippen molar-refractivity contribution in [1.82, 2.24) is 10.2 Å². The lowest BCUT2D eigenvalue weighted by Gasteiger charge is -2.24. The molecule has 24 heavy (non-hydrogen) atoms. The minimum atomic E-state index is -1.09. The quantitative estimate of drug-likeness (QED) is 0.695. The molecule has 0 spiro atoms. The number of halogens is 1. The summed E-state index contributed by atoms with van der Waals surface area (Å²) in [4.78, 5) is 0.